The lowest BCUT2D eigenvalue weighted by Gasteiger charge is -2.38. The van der Waals surface area contributed by atoms with E-state index in [1.807, 2.05) is 4.90 Å². The van der Waals surface area contributed by atoms with E-state index in [0.29, 0.717) is 24.9 Å². The lowest BCUT2D eigenvalue weighted by Crippen LogP contribution is -2.49. The molecule has 0 spiro atoms. The number of nitrogens with zero attached hydrogens (tertiary/aromatic N) is 3. The molecular formula is C17H25N3O5S. The van der Waals surface area contributed by atoms with Gasteiger partial charge >= 0.3 is 0 Å². The Morgan fingerprint density at radius 3 is 2.54 bits per heavy atom. The van der Waals surface area contributed by atoms with Gasteiger partial charge in [0.25, 0.3) is 5.69 Å². The molecule has 0 radical (unpaired) electrons. The average molecular weight is 383 g/mol. The van der Waals surface area contributed by atoms with Crippen molar-refractivity contribution in [3.05, 3.63) is 28.3 Å². The first-order valence-electron chi connectivity index (χ1n) is 8.92. The van der Waals surface area contributed by atoms with Crippen molar-refractivity contribution in [2.24, 2.45) is 0 Å². The summed E-state index contributed by atoms with van der Waals surface area (Å²) in [6.07, 6.45) is 4.79. The van der Waals surface area contributed by atoms with Crippen molar-refractivity contribution in [3.63, 3.8) is 0 Å². The maximum atomic E-state index is 11.7. The summed E-state index contributed by atoms with van der Waals surface area (Å²) in [5.41, 5.74) is 0.327. The molecule has 2 aliphatic rings. The van der Waals surface area contributed by atoms with Gasteiger partial charge in [-0.05, 0) is 31.4 Å². The highest BCUT2D eigenvalue weighted by atomic mass is 32.2. The summed E-state index contributed by atoms with van der Waals surface area (Å²) in [6.45, 7) is 4.71. The predicted molar refractivity (Wildman–Crippen MR) is 98.5 cm³/mol. The Hall–Kier alpha value is -1.71. The highest BCUT2D eigenvalue weighted by Gasteiger charge is 2.27. The van der Waals surface area contributed by atoms with Gasteiger partial charge in [-0.25, -0.2) is 8.42 Å². The van der Waals surface area contributed by atoms with E-state index in [4.69, 9.17) is 4.74 Å². The molecule has 144 valence electrons. The van der Waals surface area contributed by atoms with E-state index >= 15 is 0 Å². The number of benzene rings is 1. The topological polar surface area (TPSA) is 93.0 Å². The maximum absolute atomic E-state index is 11.7. The van der Waals surface area contributed by atoms with Gasteiger partial charge in [0.2, 0.25) is 0 Å². The van der Waals surface area contributed by atoms with E-state index in [9.17, 15) is 18.5 Å². The van der Waals surface area contributed by atoms with Crippen LogP contribution >= 0.6 is 0 Å². The molecule has 2 heterocycles. The van der Waals surface area contributed by atoms with E-state index in [0.717, 1.165) is 51.4 Å². The fraction of sp³-hybridized carbons (Fsp3) is 0.647. The number of piperazine rings is 1. The summed E-state index contributed by atoms with van der Waals surface area (Å²) in [7, 11) is -3.48. The van der Waals surface area contributed by atoms with Crippen LogP contribution in [0.1, 0.15) is 19.3 Å². The van der Waals surface area contributed by atoms with Crippen LogP contribution in [-0.2, 0) is 14.6 Å². The number of nitro groups is 1. The maximum Gasteiger partial charge on any atom is 0.293 e. The van der Waals surface area contributed by atoms with Gasteiger partial charge < -0.3 is 9.64 Å². The highest BCUT2D eigenvalue weighted by molar-refractivity contribution is 7.90. The van der Waals surface area contributed by atoms with Gasteiger partial charge in [-0.2, -0.15) is 0 Å². The SMILES string of the molecule is CS(=O)(=O)c1ccc(N2CCN(C[C@H]3CCCCO3)CC2)c([N+](=O)[O-])c1. The number of hydrogen-bond donors (Lipinski definition) is 0. The Bertz CT molecular complexity index is 754. The number of hydrogen-bond acceptors (Lipinski definition) is 7. The molecular weight excluding hydrogens is 358 g/mol. The van der Waals surface area contributed by atoms with Gasteiger partial charge in [0.1, 0.15) is 5.69 Å². The monoisotopic (exact) mass is 383 g/mol. The minimum atomic E-state index is -3.48. The molecule has 0 aliphatic carbocycles. The Morgan fingerprint density at radius 2 is 1.96 bits per heavy atom. The second-order valence-electron chi connectivity index (χ2n) is 6.96. The van der Waals surface area contributed by atoms with Crippen molar-refractivity contribution in [2.75, 3.05) is 50.5 Å². The van der Waals surface area contributed by atoms with Crippen LogP contribution in [0.4, 0.5) is 11.4 Å². The van der Waals surface area contributed by atoms with E-state index in [1.165, 1.54) is 12.5 Å². The minimum absolute atomic E-state index is 0.0268. The predicted octanol–water partition coefficient (Wildman–Crippen LogP) is 1.69. The first kappa shape index (κ1) is 19.1. The summed E-state index contributed by atoms with van der Waals surface area (Å²) >= 11 is 0. The normalized spacial score (nSPS) is 22.3. The first-order valence-corrected chi connectivity index (χ1v) is 10.8. The third-order valence-corrected chi connectivity index (χ3v) is 6.13. The lowest BCUT2D eigenvalue weighted by atomic mass is 10.1. The molecule has 0 bridgehead atoms. The Morgan fingerprint density at radius 1 is 1.23 bits per heavy atom. The average Bonchev–Trinajstić information content (AvgIpc) is 2.62. The third-order valence-electron chi connectivity index (χ3n) is 5.02. The molecule has 2 fully saturated rings. The van der Waals surface area contributed by atoms with Crippen LogP contribution in [-0.4, -0.2) is 69.9 Å². The highest BCUT2D eigenvalue weighted by Crippen LogP contribution is 2.31. The Kier molecular flexibility index (Phi) is 5.79. The Labute approximate surface area is 153 Å². The van der Waals surface area contributed by atoms with E-state index in [-0.39, 0.29) is 10.6 Å². The lowest BCUT2D eigenvalue weighted by molar-refractivity contribution is -0.384. The molecule has 1 aromatic rings. The van der Waals surface area contributed by atoms with Crippen molar-refractivity contribution in [1.82, 2.24) is 4.90 Å². The fourth-order valence-corrected chi connectivity index (χ4v) is 4.20. The van der Waals surface area contributed by atoms with Crippen molar-refractivity contribution in [1.29, 1.82) is 0 Å². The number of nitro benzene ring substituents is 1. The molecule has 0 aromatic heterocycles. The van der Waals surface area contributed by atoms with E-state index in [2.05, 4.69) is 4.90 Å². The fourth-order valence-electron chi connectivity index (χ4n) is 3.56. The van der Waals surface area contributed by atoms with Crippen molar-refractivity contribution in [2.45, 2.75) is 30.3 Å². The molecule has 3 rings (SSSR count). The molecule has 26 heavy (non-hydrogen) atoms. The van der Waals surface area contributed by atoms with Gasteiger partial charge in [-0.15, -0.1) is 0 Å². The zero-order valence-corrected chi connectivity index (χ0v) is 15.8. The van der Waals surface area contributed by atoms with Crippen molar-refractivity contribution >= 4 is 21.2 Å². The van der Waals surface area contributed by atoms with Gasteiger partial charge in [0.05, 0.1) is 15.9 Å². The van der Waals surface area contributed by atoms with Gasteiger partial charge in [-0.1, -0.05) is 0 Å². The largest absolute Gasteiger partial charge is 0.377 e. The molecule has 2 saturated heterocycles. The number of sulfone groups is 1. The quantitative estimate of drug-likeness (QED) is 0.564. The van der Waals surface area contributed by atoms with Gasteiger partial charge in [0, 0.05) is 51.7 Å². The number of rotatable bonds is 5. The second-order valence-corrected chi connectivity index (χ2v) is 8.97. The van der Waals surface area contributed by atoms with Crippen LogP contribution in [0.2, 0.25) is 0 Å². The van der Waals surface area contributed by atoms with Crippen LogP contribution < -0.4 is 4.90 Å². The summed E-state index contributed by atoms with van der Waals surface area (Å²) in [4.78, 5) is 15.2. The molecule has 1 aromatic carbocycles. The molecule has 9 heteroatoms. The van der Waals surface area contributed by atoms with Crippen LogP contribution in [0.5, 0.6) is 0 Å². The third kappa shape index (κ3) is 4.52. The summed E-state index contributed by atoms with van der Waals surface area (Å²) in [5, 5.41) is 11.4. The molecule has 0 amide bonds. The number of ether oxygens (including phenoxy) is 1. The summed E-state index contributed by atoms with van der Waals surface area (Å²) in [5.74, 6) is 0. The van der Waals surface area contributed by atoms with E-state index in [1.54, 1.807) is 6.07 Å². The number of anilines is 1. The second kappa shape index (κ2) is 7.89. The molecule has 0 N–H and O–H groups in total. The molecule has 2 aliphatic heterocycles. The molecule has 1 atom stereocenters. The zero-order valence-electron chi connectivity index (χ0n) is 15.0. The van der Waals surface area contributed by atoms with Crippen LogP contribution in [0.15, 0.2) is 23.1 Å². The van der Waals surface area contributed by atoms with Gasteiger partial charge in [-0.3, -0.25) is 15.0 Å². The first-order chi connectivity index (χ1) is 12.3. The molecule has 0 unspecified atom stereocenters. The summed E-state index contributed by atoms with van der Waals surface area (Å²) in [6, 6.07) is 4.15. The van der Waals surface area contributed by atoms with Crippen molar-refractivity contribution < 1.29 is 18.1 Å². The van der Waals surface area contributed by atoms with Crippen LogP contribution in [0.25, 0.3) is 0 Å². The molecule has 0 saturated carbocycles. The van der Waals surface area contributed by atoms with Crippen LogP contribution in [0.3, 0.4) is 0 Å². The van der Waals surface area contributed by atoms with E-state index < -0.39 is 14.8 Å². The minimum Gasteiger partial charge on any atom is -0.377 e. The summed E-state index contributed by atoms with van der Waals surface area (Å²) < 4.78 is 29.1. The van der Waals surface area contributed by atoms with Crippen molar-refractivity contribution in [3.8, 4) is 0 Å². The smallest absolute Gasteiger partial charge is 0.293 e. The standard InChI is InChI=1S/C17H25N3O5S/c1-26(23,24)15-5-6-16(17(12-15)20(21)22)19-9-7-18(8-10-19)13-14-4-2-3-11-25-14/h5-6,12,14H,2-4,7-11,13H2,1H3/t14-/m1/s1. The van der Waals surface area contributed by atoms with Crippen LogP contribution in [0, 0.1) is 10.1 Å². The van der Waals surface area contributed by atoms with Gasteiger partial charge in [0.15, 0.2) is 9.84 Å². The Balaban J connectivity index is 1.67. The zero-order chi connectivity index (χ0) is 18.7. The molecule has 8 nitrogen and oxygen atoms in total.